The molecule has 2 amide bonds. The number of anilines is 1. The van der Waals surface area contributed by atoms with E-state index >= 15 is 0 Å². The summed E-state index contributed by atoms with van der Waals surface area (Å²) in [5.41, 5.74) is 1.75. The fraction of sp³-hybridized carbons (Fsp3) is 0.212. The number of ether oxygens (including phenoxy) is 1. The number of halogens is 2. The maximum atomic E-state index is 14.4. The first kappa shape index (κ1) is 32.9. The van der Waals surface area contributed by atoms with Crippen LogP contribution in [0.1, 0.15) is 18.1 Å². The van der Waals surface area contributed by atoms with Crippen molar-refractivity contribution < 1.29 is 22.7 Å². The predicted octanol–water partition coefficient (Wildman–Crippen LogP) is 5.97. The topological polar surface area (TPSA) is 96.0 Å². The number of carbonyl (C=O) groups excluding carboxylic acids is 2. The molecule has 44 heavy (non-hydrogen) atoms. The van der Waals surface area contributed by atoms with E-state index in [2.05, 4.69) is 5.32 Å². The molecule has 0 heterocycles. The number of nitrogens with zero attached hydrogens (tertiary/aromatic N) is 2. The lowest BCUT2D eigenvalue weighted by Crippen LogP contribution is -2.53. The summed E-state index contributed by atoms with van der Waals surface area (Å²) < 4.78 is 34.3. The third-order valence-electron chi connectivity index (χ3n) is 6.93. The summed E-state index contributed by atoms with van der Waals surface area (Å²) in [7, 11) is -2.73. The summed E-state index contributed by atoms with van der Waals surface area (Å²) in [6.07, 6.45) is 0.205. The first-order valence-electron chi connectivity index (χ1n) is 13.9. The number of hydrogen-bond donors (Lipinski definition) is 1. The molecule has 0 spiro atoms. The fourth-order valence-corrected chi connectivity index (χ4v) is 6.41. The average molecular weight is 655 g/mol. The molecule has 4 aromatic rings. The van der Waals surface area contributed by atoms with Crippen molar-refractivity contribution in [1.82, 2.24) is 10.2 Å². The van der Waals surface area contributed by atoms with Crippen LogP contribution in [0.2, 0.25) is 10.0 Å². The van der Waals surface area contributed by atoms with Crippen molar-refractivity contribution in [2.75, 3.05) is 24.5 Å². The van der Waals surface area contributed by atoms with E-state index in [1.165, 1.54) is 24.1 Å². The van der Waals surface area contributed by atoms with Crippen LogP contribution in [-0.2, 0) is 32.6 Å². The molecule has 4 rings (SSSR count). The van der Waals surface area contributed by atoms with E-state index in [9.17, 15) is 18.0 Å². The Morgan fingerprint density at radius 2 is 1.48 bits per heavy atom. The van der Waals surface area contributed by atoms with Crippen molar-refractivity contribution in [3.05, 3.63) is 124 Å². The second-order valence-corrected chi connectivity index (χ2v) is 12.6. The van der Waals surface area contributed by atoms with E-state index < -0.39 is 28.5 Å². The quantitative estimate of drug-likeness (QED) is 0.192. The zero-order valence-electron chi connectivity index (χ0n) is 24.3. The molecule has 0 saturated carbocycles. The van der Waals surface area contributed by atoms with E-state index in [0.717, 1.165) is 9.87 Å². The Hall–Kier alpha value is -4.05. The molecular weight excluding hydrogens is 621 g/mol. The second-order valence-electron chi connectivity index (χ2n) is 9.89. The van der Waals surface area contributed by atoms with E-state index in [4.69, 9.17) is 27.9 Å². The summed E-state index contributed by atoms with van der Waals surface area (Å²) in [5, 5.41) is 3.48. The van der Waals surface area contributed by atoms with Crippen LogP contribution in [0.5, 0.6) is 5.75 Å². The lowest BCUT2D eigenvalue weighted by molar-refractivity contribution is -0.140. The minimum Gasteiger partial charge on any atom is -0.497 e. The SMILES string of the molecule is CCNC(=O)[C@H](Cc1ccccc1)N(Cc1ccc(Cl)c(Cl)c1)C(=O)CN(c1ccccc1)S(=O)(=O)c1ccc(OC)cc1. The lowest BCUT2D eigenvalue weighted by atomic mass is 10.0. The fourth-order valence-electron chi connectivity index (χ4n) is 4.68. The van der Waals surface area contributed by atoms with Gasteiger partial charge in [0, 0.05) is 19.5 Å². The number of methoxy groups -OCH3 is 1. The van der Waals surface area contributed by atoms with Crippen LogP contribution >= 0.6 is 23.2 Å². The largest absolute Gasteiger partial charge is 0.497 e. The lowest BCUT2D eigenvalue weighted by Gasteiger charge is -2.34. The maximum Gasteiger partial charge on any atom is 0.264 e. The van der Waals surface area contributed by atoms with Crippen molar-refractivity contribution in [2.45, 2.75) is 30.8 Å². The van der Waals surface area contributed by atoms with Gasteiger partial charge in [-0.3, -0.25) is 13.9 Å². The molecule has 0 aliphatic rings. The molecule has 0 saturated heterocycles. The van der Waals surface area contributed by atoms with Crippen molar-refractivity contribution in [3.8, 4) is 5.75 Å². The Morgan fingerprint density at radius 1 is 0.841 bits per heavy atom. The highest BCUT2D eigenvalue weighted by Gasteiger charge is 2.34. The summed E-state index contributed by atoms with van der Waals surface area (Å²) in [6.45, 7) is 1.56. The van der Waals surface area contributed by atoms with Gasteiger partial charge in [-0.1, -0.05) is 77.8 Å². The highest BCUT2D eigenvalue weighted by molar-refractivity contribution is 7.92. The minimum absolute atomic E-state index is 0.0180. The Labute approximate surface area is 268 Å². The van der Waals surface area contributed by atoms with E-state index in [1.54, 1.807) is 67.6 Å². The first-order valence-corrected chi connectivity index (χ1v) is 16.1. The van der Waals surface area contributed by atoms with Gasteiger partial charge in [0.05, 0.1) is 27.7 Å². The van der Waals surface area contributed by atoms with Gasteiger partial charge in [0.2, 0.25) is 11.8 Å². The summed E-state index contributed by atoms with van der Waals surface area (Å²) in [6, 6.07) is 27.6. The number of para-hydroxylation sites is 1. The number of benzene rings is 4. The molecule has 0 aliphatic heterocycles. The number of rotatable bonds is 13. The van der Waals surface area contributed by atoms with Crippen LogP contribution in [0.3, 0.4) is 0 Å². The molecular formula is C33H33Cl2N3O5S. The highest BCUT2D eigenvalue weighted by Crippen LogP contribution is 2.27. The molecule has 0 aliphatic carbocycles. The molecule has 11 heteroatoms. The van der Waals surface area contributed by atoms with Crippen molar-refractivity contribution >= 4 is 50.7 Å². The van der Waals surface area contributed by atoms with E-state index in [-0.39, 0.29) is 23.8 Å². The third-order valence-corrected chi connectivity index (χ3v) is 9.46. The van der Waals surface area contributed by atoms with Crippen molar-refractivity contribution in [1.29, 1.82) is 0 Å². The number of likely N-dealkylation sites (N-methyl/N-ethyl adjacent to an activating group) is 1. The van der Waals surface area contributed by atoms with Crippen LogP contribution in [0.25, 0.3) is 0 Å². The third kappa shape index (κ3) is 8.11. The molecule has 1 atom stereocenters. The predicted molar refractivity (Wildman–Crippen MR) is 174 cm³/mol. The van der Waals surface area contributed by atoms with Crippen LogP contribution < -0.4 is 14.4 Å². The van der Waals surface area contributed by atoms with Crippen molar-refractivity contribution in [2.24, 2.45) is 0 Å². The molecule has 1 N–H and O–H groups in total. The smallest absolute Gasteiger partial charge is 0.264 e. The first-order chi connectivity index (χ1) is 21.1. The van der Waals surface area contributed by atoms with E-state index in [1.807, 2.05) is 30.3 Å². The van der Waals surface area contributed by atoms with Gasteiger partial charge < -0.3 is 15.0 Å². The number of nitrogens with one attached hydrogen (secondary N) is 1. The zero-order valence-corrected chi connectivity index (χ0v) is 26.6. The van der Waals surface area contributed by atoms with Gasteiger partial charge in [-0.25, -0.2) is 8.42 Å². The molecule has 0 radical (unpaired) electrons. The van der Waals surface area contributed by atoms with Gasteiger partial charge >= 0.3 is 0 Å². The van der Waals surface area contributed by atoms with Gasteiger partial charge in [-0.15, -0.1) is 0 Å². The molecule has 4 aromatic carbocycles. The number of hydrogen-bond acceptors (Lipinski definition) is 5. The van der Waals surface area contributed by atoms with Gasteiger partial charge in [-0.05, 0) is 66.6 Å². The van der Waals surface area contributed by atoms with Gasteiger partial charge in [0.15, 0.2) is 0 Å². The standard InChI is InChI=1S/C33H33Cl2N3O5S/c1-3-36-33(40)31(21-24-10-6-4-7-11-24)37(22-25-14-19-29(34)30(35)20-25)32(39)23-38(26-12-8-5-9-13-26)44(41,42)28-17-15-27(43-2)16-18-28/h4-20,31H,3,21-23H2,1-2H3,(H,36,40)/t31-/m0/s1. The van der Waals surface area contributed by atoms with Gasteiger partial charge in [0.1, 0.15) is 18.3 Å². The summed E-state index contributed by atoms with van der Waals surface area (Å²) in [5.74, 6) is -0.456. The van der Waals surface area contributed by atoms with Gasteiger partial charge in [0.25, 0.3) is 10.0 Å². The molecule has 8 nitrogen and oxygen atoms in total. The molecule has 0 bridgehead atoms. The van der Waals surface area contributed by atoms with Crippen molar-refractivity contribution in [3.63, 3.8) is 0 Å². The number of sulfonamides is 1. The van der Waals surface area contributed by atoms with Crippen LogP contribution in [0.15, 0.2) is 108 Å². The maximum absolute atomic E-state index is 14.4. The van der Waals surface area contributed by atoms with Crippen LogP contribution in [0, 0.1) is 0 Å². The second kappa shape index (κ2) is 15.1. The molecule has 0 fully saturated rings. The molecule has 0 unspecified atom stereocenters. The van der Waals surface area contributed by atoms with Crippen LogP contribution in [0.4, 0.5) is 5.69 Å². The summed E-state index contributed by atoms with van der Waals surface area (Å²) in [4.78, 5) is 29.3. The van der Waals surface area contributed by atoms with Gasteiger partial charge in [-0.2, -0.15) is 0 Å². The van der Waals surface area contributed by atoms with Crippen LogP contribution in [-0.4, -0.2) is 51.4 Å². The summed E-state index contributed by atoms with van der Waals surface area (Å²) >= 11 is 12.4. The Morgan fingerprint density at radius 3 is 2.07 bits per heavy atom. The Balaban J connectivity index is 1.78. The normalized spacial score (nSPS) is 11.8. The zero-order chi connectivity index (χ0) is 31.7. The Kier molecular flexibility index (Phi) is 11.3. The average Bonchev–Trinajstić information content (AvgIpc) is 3.04. The highest BCUT2D eigenvalue weighted by atomic mass is 35.5. The van der Waals surface area contributed by atoms with E-state index in [0.29, 0.717) is 33.6 Å². The monoisotopic (exact) mass is 653 g/mol. The number of amides is 2. The minimum atomic E-state index is -4.22. The molecule has 0 aromatic heterocycles. The number of carbonyl (C=O) groups is 2. The Bertz CT molecular complexity index is 1670. The molecule has 230 valence electrons.